The first-order valence-corrected chi connectivity index (χ1v) is 9.84. The van der Waals surface area contributed by atoms with Gasteiger partial charge in [0.05, 0.1) is 18.7 Å². The Balaban J connectivity index is 1.65. The number of ether oxygens (including phenoxy) is 1. The van der Waals surface area contributed by atoms with Gasteiger partial charge in [0.2, 0.25) is 11.8 Å². The molecule has 142 valence electrons. The van der Waals surface area contributed by atoms with Crippen LogP contribution >= 0.6 is 0 Å². The second-order valence-corrected chi connectivity index (χ2v) is 7.63. The highest BCUT2D eigenvalue weighted by Crippen LogP contribution is 2.34. The van der Waals surface area contributed by atoms with Gasteiger partial charge in [-0.05, 0) is 37.5 Å². The molecule has 2 fully saturated rings. The molecular weight excluding hydrogens is 328 g/mol. The number of nitrogens with one attached hydrogen (secondary N) is 1. The third-order valence-electron chi connectivity index (χ3n) is 5.57. The Morgan fingerprint density at radius 2 is 1.85 bits per heavy atom. The Labute approximate surface area is 156 Å². The third kappa shape index (κ3) is 4.37. The molecule has 0 aromatic heterocycles. The normalized spacial score (nSPS) is 22.0. The van der Waals surface area contributed by atoms with Crippen LogP contribution in [0.2, 0.25) is 0 Å². The summed E-state index contributed by atoms with van der Waals surface area (Å²) < 4.78 is 5.41. The predicted octanol–water partition coefficient (Wildman–Crippen LogP) is 3.59. The van der Waals surface area contributed by atoms with Crippen molar-refractivity contribution in [1.82, 2.24) is 5.32 Å². The van der Waals surface area contributed by atoms with Gasteiger partial charge >= 0.3 is 0 Å². The van der Waals surface area contributed by atoms with Crippen LogP contribution in [0.1, 0.15) is 56.9 Å². The molecule has 1 N–H and O–H groups in total. The van der Waals surface area contributed by atoms with Gasteiger partial charge in [0, 0.05) is 19.0 Å². The van der Waals surface area contributed by atoms with E-state index in [9.17, 15) is 9.59 Å². The maximum absolute atomic E-state index is 12.7. The Morgan fingerprint density at radius 1 is 1.15 bits per heavy atom. The molecule has 1 aromatic carbocycles. The molecule has 3 rings (SSSR count). The van der Waals surface area contributed by atoms with Gasteiger partial charge in [0.15, 0.2) is 0 Å². The number of amides is 2. The Kier molecular flexibility index (Phi) is 6.17. The lowest BCUT2D eigenvalue weighted by Crippen LogP contribution is -2.40. The number of nitrogens with zero attached hydrogens (tertiary/aromatic N) is 1. The van der Waals surface area contributed by atoms with Crippen LogP contribution in [0.5, 0.6) is 5.75 Å². The summed E-state index contributed by atoms with van der Waals surface area (Å²) >= 11 is 0. The molecule has 5 nitrogen and oxygen atoms in total. The second-order valence-electron chi connectivity index (χ2n) is 7.63. The molecular formula is C21H30N2O3. The van der Waals surface area contributed by atoms with Crippen molar-refractivity contribution in [3.05, 3.63) is 23.8 Å². The van der Waals surface area contributed by atoms with Crippen molar-refractivity contribution >= 4 is 17.5 Å². The summed E-state index contributed by atoms with van der Waals surface area (Å²) in [5.74, 6) is 0.410. The molecule has 1 saturated carbocycles. The van der Waals surface area contributed by atoms with E-state index in [-0.39, 0.29) is 30.2 Å². The zero-order valence-electron chi connectivity index (χ0n) is 15.9. The van der Waals surface area contributed by atoms with Gasteiger partial charge in [-0.3, -0.25) is 9.59 Å². The molecule has 26 heavy (non-hydrogen) atoms. The molecule has 5 heteroatoms. The molecule has 1 heterocycles. The zero-order chi connectivity index (χ0) is 18.5. The van der Waals surface area contributed by atoms with E-state index in [1.807, 2.05) is 25.1 Å². The van der Waals surface area contributed by atoms with Gasteiger partial charge in [0.25, 0.3) is 0 Å². The van der Waals surface area contributed by atoms with Crippen molar-refractivity contribution in [2.45, 2.75) is 64.3 Å². The van der Waals surface area contributed by atoms with Crippen molar-refractivity contribution < 1.29 is 14.3 Å². The first-order valence-electron chi connectivity index (χ1n) is 9.84. The summed E-state index contributed by atoms with van der Waals surface area (Å²) in [4.78, 5) is 27.0. The van der Waals surface area contributed by atoms with E-state index in [1.165, 1.54) is 32.1 Å². The first kappa shape index (κ1) is 18.7. The molecule has 1 aromatic rings. The number of carbonyl (C=O) groups is 2. The molecule has 1 saturated heterocycles. The van der Waals surface area contributed by atoms with Crippen LogP contribution in [-0.4, -0.2) is 31.5 Å². The minimum absolute atomic E-state index is 0.00767. The lowest BCUT2D eigenvalue weighted by Gasteiger charge is -2.23. The zero-order valence-corrected chi connectivity index (χ0v) is 15.9. The van der Waals surface area contributed by atoms with E-state index >= 15 is 0 Å². The molecule has 1 unspecified atom stereocenters. The lowest BCUT2D eigenvalue weighted by molar-refractivity contribution is -0.127. The predicted molar refractivity (Wildman–Crippen MR) is 102 cm³/mol. The number of methoxy groups -OCH3 is 1. The van der Waals surface area contributed by atoms with E-state index in [2.05, 4.69) is 5.32 Å². The van der Waals surface area contributed by atoms with Gasteiger partial charge < -0.3 is 15.0 Å². The molecule has 0 radical (unpaired) electrons. The van der Waals surface area contributed by atoms with E-state index in [4.69, 9.17) is 4.74 Å². The summed E-state index contributed by atoms with van der Waals surface area (Å²) in [7, 11) is 1.60. The average Bonchev–Trinajstić information content (AvgIpc) is 2.99. The number of hydrogen-bond acceptors (Lipinski definition) is 3. The van der Waals surface area contributed by atoms with E-state index < -0.39 is 0 Å². The number of hydrogen-bond donors (Lipinski definition) is 1. The number of anilines is 1. The maximum atomic E-state index is 12.7. The van der Waals surface area contributed by atoms with Crippen molar-refractivity contribution in [3.8, 4) is 5.75 Å². The highest BCUT2D eigenvalue weighted by Gasteiger charge is 2.36. The summed E-state index contributed by atoms with van der Waals surface area (Å²) in [6.07, 6.45) is 8.58. The molecule has 1 aliphatic carbocycles. The van der Waals surface area contributed by atoms with Crippen molar-refractivity contribution in [2.75, 3.05) is 18.6 Å². The molecule has 1 atom stereocenters. The molecule has 2 aliphatic rings. The monoisotopic (exact) mass is 358 g/mol. The lowest BCUT2D eigenvalue weighted by atomic mass is 9.96. The summed E-state index contributed by atoms with van der Waals surface area (Å²) in [5.41, 5.74) is 1.83. The SMILES string of the molecule is COc1ccc(C)cc1N1CC(C(=O)NC2CCCCCCC2)CC1=O. The molecule has 2 amide bonds. The van der Waals surface area contributed by atoms with Crippen LogP contribution in [0.25, 0.3) is 0 Å². The second kappa shape index (κ2) is 8.56. The molecule has 1 aliphatic heterocycles. The minimum atomic E-state index is -0.279. The number of rotatable bonds is 4. The summed E-state index contributed by atoms with van der Waals surface area (Å²) in [5, 5.41) is 3.21. The van der Waals surface area contributed by atoms with E-state index in [0.29, 0.717) is 12.3 Å². The smallest absolute Gasteiger partial charge is 0.227 e. The Bertz CT molecular complexity index is 651. The summed E-state index contributed by atoms with van der Waals surface area (Å²) in [6.45, 7) is 2.42. The third-order valence-corrected chi connectivity index (χ3v) is 5.57. The Hall–Kier alpha value is -2.04. The van der Waals surface area contributed by atoms with Gasteiger partial charge in [-0.1, -0.05) is 38.2 Å². The number of carbonyl (C=O) groups excluding carboxylic acids is 2. The van der Waals surface area contributed by atoms with Gasteiger partial charge in [0.1, 0.15) is 5.75 Å². The van der Waals surface area contributed by atoms with Crippen LogP contribution in [0.3, 0.4) is 0 Å². The van der Waals surface area contributed by atoms with Crippen molar-refractivity contribution in [3.63, 3.8) is 0 Å². The maximum Gasteiger partial charge on any atom is 0.227 e. The Morgan fingerprint density at radius 3 is 2.54 bits per heavy atom. The minimum Gasteiger partial charge on any atom is -0.495 e. The van der Waals surface area contributed by atoms with E-state index in [0.717, 1.165) is 24.1 Å². The topological polar surface area (TPSA) is 58.6 Å². The fourth-order valence-corrected chi connectivity index (χ4v) is 4.05. The van der Waals surface area contributed by atoms with Gasteiger partial charge in [-0.15, -0.1) is 0 Å². The van der Waals surface area contributed by atoms with E-state index in [1.54, 1.807) is 12.0 Å². The first-order chi connectivity index (χ1) is 12.6. The highest BCUT2D eigenvalue weighted by molar-refractivity contribution is 6.01. The van der Waals surface area contributed by atoms with Crippen molar-refractivity contribution in [2.24, 2.45) is 5.92 Å². The standard InChI is InChI=1S/C21H30N2O3/c1-15-10-11-19(26-2)18(12-15)23-14-16(13-20(23)24)21(25)22-17-8-6-4-3-5-7-9-17/h10-12,16-17H,3-9,13-14H2,1-2H3,(H,22,25). The van der Waals surface area contributed by atoms with Crippen LogP contribution in [-0.2, 0) is 9.59 Å². The van der Waals surface area contributed by atoms with Crippen LogP contribution in [0.15, 0.2) is 18.2 Å². The van der Waals surface area contributed by atoms with Crippen LogP contribution < -0.4 is 15.0 Å². The number of benzene rings is 1. The molecule has 0 bridgehead atoms. The quantitative estimate of drug-likeness (QED) is 0.895. The van der Waals surface area contributed by atoms with Crippen molar-refractivity contribution in [1.29, 1.82) is 0 Å². The van der Waals surface area contributed by atoms with Crippen LogP contribution in [0, 0.1) is 12.8 Å². The van der Waals surface area contributed by atoms with Crippen LogP contribution in [0.4, 0.5) is 5.69 Å². The highest BCUT2D eigenvalue weighted by atomic mass is 16.5. The molecule has 0 spiro atoms. The number of aryl methyl sites for hydroxylation is 1. The summed E-state index contributed by atoms with van der Waals surface area (Å²) in [6, 6.07) is 6.05. The largest absolute Gasteiger partial charge is 0.495 e. The average molecular weight is 358 g/mol. The fourth-order valence-electron chi connectivity index (χ4n) is 4.05. The van der Waals surface area contributed by atoms with Gasteiger partial charge in [-0.25, -0.2) is 0 Å². The fraction of sp³-hybridized carbons (Fsp3) is 0.619. The van der Waals surface area contributed by atoms with Gasteiger partial charge in [-0.2, -0.15) is 0 Å².